The van der Waals surface area contributed by atoms with E-state index in [9.17, 15) is 40.3 Å². The van der Waals surface area contributed by atoms with Crippen LogP contribution in [0.2, 0.25) is 5.02 Å². The van der Waals surface area contributed by atoms with E-state index in [4.69, 9.17) is 16.6 Å². The van der Waals surface area contributed by atoms with E-state index in [1.54, 1.807) is 11.6 Å². The predicted molar refractivity (Wildman–Crippen MR) is 212 cm³/mol. The molecule has 4 atom stereocenters. The van der Waals surface area contributed by atoms with Crippen molar-refractivity contribution in [3.63, 3.8) is 0 Å². The van der Waals surface area contributed by atoms with E-state index in [1.807, 2.05) is 0 Å². The number of hydrogen-bond acceptors (Lipinski definition) is 8. The molecule has 0 radical (unpaired) electrons. The van der Waals surface area contributed by atoms with Gasteiger partial charge in [0.15, 0.2) is 17.6 Å². The molecule has 4 aromatic heterocycles. The van der Waals surface area contributed by atoms with Gasteiger partial charge in [0.2, 0.25) is 15.9 Å². The summed E-state index contributed by atoms with van der Waals surface area (Å²) in [6.45, 7) is 1.17. The second-order valence-corrected chi connectivity index (χ2v) is 17.2. The van der Waals surface area contributed by atoms with Crippen LogP contribution >= 0.6 is 11.6 Å². The number of aliphatic hydroxyl groups is 1. The Hall–Kier alpha value is -5.98. The van der Waals surface area contributed by atoms with Crippen LogP contribution < -0.4 is 10.0 Å². The molecule has 326 valence electrons. The summed E-state index contributed by atoms with van der Waals surface area (Å²) in [6, 6.07) is 7.02. The van der Waals surface area contributed by atoms with Crippen LogP contribution in [0.25, 0.3) is 22.0 Å². The summed E-state index contributed by atoms with van der Waals surface area (Å²) < 4.78 is 133. The molecular weight excluding hydrogens is 871 g/mol. The summed E-state index contributed by atoms with van der Waals surface area (Å²) in [5.41, 5.74) is -2.54. The second-order valence-electron chi connectivity index (χ2n) is 15.0. The van der Waals surface area contributed by atoms with E-state index >= 15 is 8.78 Å². The SMILES string of the molecule is C[C@@H]1c2c(C(F)(F)F)nn(CC(=O)N[C@@H](Cc3cc(F)cc(F)c3)c3nc(C#C[C@@H](O)c4cn(C)cn4)ccc3-c3ccc(Cl)c4c(NS(C)(=O)=O)nn(C)c34)c2C(F)(F)[C@@H]1C. The summed E-state index contributed by atoms with van der Waals surface area (Å²) in [5.74, 6) is -4.52. The molecule has 0 bridgehead atoms. The minimum absolute atomic E-state index is 0.0135. The molecule has 0 fully saturated rings. The third-order valence-corrected chi connectivity index (χ3v) is 11.3. The lowest BCUT2D eigenvalue weighted by atomic mass is 9.93. The van der Waals surface area contributed by atoms with Crippen LogP contribution in [0, 0.1) is 29.4 Å². The molecule has 6 aromatic rings. The summed E-state index contributed by atoms with van der Waals surface area (Å²) >= 11 is 6.59. The van der Waals surface area contributed by atoms with Crippen LogP contribution in [0.1, 0.15) is 71.5 Å². The molecule has 0 saturated heterocycles. The van der Waals surface area contributed by atoms with Crippen LogP contribution in [0.4, 0.5) is 36.6 Å². The van der Waals surface area contributed by atoms with Crippen molar-refractivity contribution in [2.75, 3.05) is 11.0 Å². The predicted octanol–water partition coefficient (Wildman–Crippen LogP) is 6.92. The first-order valence-corrected chi connectivity index (χ1v) is 20.8. The van der Waals surface area contributed by atoms with E-state index in [1.165, 1.54) is 55.4 Å². The standard InChI is InChI=1S/C40H35ClF7N9O4S/c1-19-20(2)39(44,45)37-32(19)36(40(46,47)48)52-57(37)17-31(59)51-28(14-21-12-22(42)15-23(43)13-21)34-25(8-6-24(50-34)7-11-30(58)29-16-55(3)18-49-29)26-9-10-27(41)33-35(26)56(4)53-38(33)54-62(5,60)61/h6,8-10,12-13,15-16,18-20,28,30,58H,14,17H2,1-5H3,(H,51,59)(H,53,54)/t19-,20+,28-,30+/m0/s1. The Morgan fingerprint density at radius 3 is 2.35 bits per heavy atom. The number of nitrogens with zero attached hydrogens (tertiary/aromatic N) is 7. The van der Waals surface area contributed by atoms with Gasteiger partial charge in [-0.3, -0.25) is 18.9 Å². The Labute approximate surface area is 354 Å². The van der Waals surface area contributed by atoms with Crippen molar-refractivity contribution in [2.45, 2.75) is 57.0 Å². The van der Waals surface area contributed by atoms with Crippen molar-refractivity contribution in [3.8, 4) is 23.0 Å². The Morgan fingerprint density at radius 2 is 1.73 bits per heavy atom. The van der Waals surface area contributed by atoms with Gasteiger partial charge in [0.05, 0.1) is 45.9 Å². The fourth-order valence-electron chi connectivity index (χ4n) is 7.59. The number of anilines is 1. The number of aliphatic hydroxyl groups excluding tert-OH is 1. The Morgan fingerprint density at radius 1 is 1.05 bits per heavy atom. The number of aromatic nitrogens is 7. The van der Waals surface area contributed by atoms with Crippen molar-refractivity contribution < 1.29 is 49.1 Å². The van der Waals surface area contributed by atoms with E-state index in [-0.39, 0.29) is 55.5 Å². The maximum atomic E-state index is 15.7. The van der Waals surface area contributed by atoms with E-state index in [0.717, 1.165) is 25.3 Å². The van der Waals surface area contributed by atoms with Crippen molar-refractivity contribution in [2.24, 2.45) is 20.0 Å². The minimum Gasteiger partial charge on any atom is -0.374 e. The third kappa shape index (κ3) is 8.58. The number of halogens is 8. The fraction of sp³-hybridized carbons (Fsp3) is 0.325. The third-order valence-electron chi connectivity index (χ3n) is 10.4. The average molecular weight is 906 g/mol. The average Bonchev–Trinajstić information content (AvgIpc) is 3.90. The first kappa shape index (κ1) is 44.1. The number of sulfonamides is 1. The molecule has 4 heterocycles. The summed E-state index contributed by atoms with van der Waals surface area (Å²) in [7, 11) is -0.706. The monoisotopic (exact) mass is 905 g/mol. The molecular formula is C40H35ClF7N9O4S. The summed E-state index contributed by atoms with van der Waals surface area (Å²) in [5, 5.41) is 21.4. The zero-order chi connectivity index (χ0) is 45.2. The maximum Gasteiger partial charge on any atom is 0.435 e. The number of hydrogen-bond donors (Lipinski definition) is 3. The van der Waals surface area contributed by atoms with Gasteiger partial charge in [-0.2, -0.15) is 32.1 Å². The Kier molecular flexibility index (Phi) is 11.4. The molecule has 0 aliphatic heterocycles. The number of pyridine rings is 1. The van der Waals surface area contributed by atoms with Crippen LogP contribution in [0.3, 0.4) is 0 Å². The molecule has 2 aromatic carbocycles. The van der Waals surface area contributed by atoms with Gasteiger partial charge in [0.25, 0.3) is 5.92 Å². The number of benzene rings is 2. The molecule has 1 amide bonds. The number of rotatable bonds is 10. The number of fused-ring (bicyclic) bond motifs is 2. The van der Waals surface area contributed by atoms with E-state index in [0.29, 0.717) is 10.7 Å². The zero-order valence-corrected chi connectivity index (χ0v) is 34.7. The van der Waals surface area contributed by atoms with Gasteiger partial charge in [0, 0.05) is 49.0 Å². The highest BCUT2D eigenvalue weighted by atomic mass is 35.5. The van der Waals surface area contributed by atoms with Crippen molar-refractivity contribution in [1.82, 2.24) is 39.4 Å². The molecule has 0 spiro atoms. The number of aryl methyl sites for hydroxylation is 2. The minimum atomic E-state index is -5.14. The second kappa shape index (κ2) is 16.0. The van der Waals surface area contributed by atoms with Gasteiger partial charge in [0.1, 0.15) is 29.6 Å². The summed E-state index contributed by atoms with van der Waals surface area (Å²) in [4.78, 5) is 22.9. The van der Waals surface area contributed by atoms with Gasteiger partial charge < -0.3 is 15.0 Å². The molecule has 3 N–H and O–H groups in total. The van der Waals surface area contributed by atoms with Crippen LogP contribution in [0.15, 0.2) is 55.0 Å². The quantitative estimate of drug-likeness (QED) is 0.0987. The highest BCUT2D eigenvalue weighted by Crippen LogP contribution is 2.55. The van der Waals surface area contributed by atoms with Gasteiger partial charge >= 0.3 is 6.18 Å². The molecule has 0 saturated carbocycles. The van der Waals surface area contributed by atoms with Gasteiger partial charge in [-0.05, 0) is 54.2 Å². The normalized spacial score (nSPS) is 17.1. The highest BCUT2D eigenvalue weighted by molar-refractivity contribution is 7.92. The molecule has 1 aliphatic carbocycles. The largest absolute Gasteiger partial charge is 0.435 e. The van der Waals surface area contributed by atoms with Crippen molar-refractivity contribution in [1.29, 1.82) is 0 Å². The van der Waals surface area contributed by atoms with Crippen molar-refractivity contribution in [3.05, 3.63) is 111 Å². The van der Waals surface area contributed by atoms with E-state index in [2.05, 4.69) is 37.1 Å². The number of carbonyl (C=O) groups excluding carboxylic acids is 1. The smallest absolute Gasteiger partial charge is 0.374 e. The lowest BCUT2D eigenvalue weighted by molar-refractivity contribution is -0.143. The van der Waals surface area contributed by atoms with Crippen LogP contribution in [-0.2, 0) is 54.0 Å². The Balaban J connectivity index is 1.40. The van der Waals surface area contributed by atoms with Gasteiger partial charge in [-0.15, -0.1) is 0 Å². The zero-order valence-electron chi connectivity index (χ0n) is 33.2. The van der Waals surface area contributed by atoms with Crippen LogP contribution in [-0.4, -0.2) is 59.8 Å². The van der Waals surface area contributed by atoms with Crippen LogP contribution in [0.5, 0.6) is 0 Å². The number of alkyl halides is 5. The molecule has 62 heavy (non-hydrogen) atoms. The first-order chi connectivity index (χ1) is 28.9. The number of carbonyl (C=O) groups is 1. The van der Waals surface area contributed by atoms with Crippen molar-refractivity contribution >= 4 is 44.3 Å². The number of imidazole rings is 1. The molecule has 1 aliphatic rings. The van der Waals surface area contributed by atoms with Gasteiger partial charge in [-0.1, -0.05) is 37.4 Å². The Bertz CT molecular complexity index is 2920. The topological polar surface area (TPSA) is 162 Å². The fourth-order valence-corrected chi connectivity index (χ4v) is 8.33. The van der Waals surface area contributed by atoms with E-state index < -0.39 is 93.6 Å². The maximum absolute atomic E-state index is 15.7. The highest BCUT2D eigenvalue weighted by Gasteiger charge is 2.57. The molecule has 22 heteroatoms. The lowest BCUT2D eigenvalue weighted by Gasteiger charge is -2.23. The number of nitrogens with one attached hydrogen (secondary N) is 2. The molecule has 13 nitrogen and oxygen atoms in total. The lowest BCUT2D eigenvalue weighted by Crippen LogP contribution is -2.35. The molecule has 0 unspecified atom stereocenters. The first-order valence-electron chi connectivity index (χ1n) is 18.5. The number of amides is 1. The van der Waals surface area contributed by atoms with Gasteiger partial charge in [-0.25, -0.2) is 27.2 Å². The molecule has 7 rings (SSSR count). The summed E-state index contributed by atoms with van der Waals surface area (Å²) in [6.07, 6.45) is -3.09.